The first-order chi connectivity index (χ1) is 37.6. The lowest BCUT2D eigenvalue weighted by Crippen LogP contribution is -2.29. The van der Waals surface area contributed by atoms with Crippen molar-refractivity contribution in [1.29, 1.82) is 0 Å². The van der Waals surface area contributed by atoms with Crippen molar-refractivity contribution in [3.05, 3.63) is 185 Å². The average molecular weight is 1250 g/mol. The highest BCUT2D eigenvalue weighted by molar-refractivity contribution is 8.46. The van der Waals surface area contributed by atoms with Crippen molar-refractivity contribution in [3.8, 4) is 23.0 Å². The lowest BCUT2D eigenvalue weighted by atomic mass is 10.1. The van der Waals surface area contributed by atoms with E-state index < -0.39 is 43.8 Å². The molecule has 0 saturated heterocycles. The van der Waals surface area contributed by atoms with Gasteiger partial charge in [0, 0.05) is 69.9 Å². The van der Waals surface area contributed by atoms with Crippen molar-refractivity contribution in [3.63, 3.8) is 0 Å². The van der Waals surface area contributed by atoms with E-state index in [2.05, 4.69) is 65.3 Å². The molecule has 19 nitrogen and oxygen atoms in total. The van der Waals surface area contributed by atoms with Crippen LogP contribution in [0.15, 0.2) is 177 Å². The number of hydrogen-bond acceptors (Lipinski definition) is 17. The summed E-state index contributed by atoms with van der Waals surface area (Å²) >= 11 is 11.9. The van der Waals surface area contributed by atoms with Crippen LogP contribution < -0.4 is 34.2 Å². The van der Waals surface area contributed by atoms with E-state index >= 15 is 0 Å². The Bertz CT molecular complexity index is 3090. The van der Waals surface area contributed by atoms with E-state index in [0.717, 1.165) is 32.6 Å². The molecule has 0 aliphatic carbocycles. The van der Waals surface area contributed by atoms with Crippen molar-refractivity contribution < 1.29 is 45.5 Å². The van der Waals surface area contributed by atoms with E-state index in [-0.39, 0.29) is 27.8 Å². The minimum Gasteiger partial charge on any atom is -0.472 e. The van der Waals surface area contributed by atoms with Gasteiger partial charge in [0.25, 0.3) is 0 Å². The van der Waals surface area contributed by atoms with Gasteiger partial charge in [-0.1, -0.05) is 86.6 Å². The predicted octanol–water partition coefficient (Wildman–Crippen LogP) is 13.0. The molecule has 0 aromatic heterocycles. The first-order valence-corrected chi connectivity index (χ1v) is 38.3. The van der Waals surface area contributed by atoms with Crippen LogP contribution >= 0.6 is 61.3 Å². The van der Waals surface area contributed by atoms with E-state index in [9.17, 15) is 9.13 Å². The predicted molar refractivity (Wildman–Crippen MR) is 334 cm³/mol. The molecule has 414 valence electrons. The van der Waals surface area contributed by atoms with Gasteiger partial charge in [0.15, 0.2) is 6.73 Å². The van der Waals surface area contributed by atoms with Crippen molar-refractivity contribution in [2.24, 2.45) is 19.6 Å². The molecule has 0 saturated carbocycles. The Balaban J connectivity index is 1.08. The van der Waals surface area contributed by atoms with Crippen molar-refractivity contribution in [2.45, 2.75) is 6.42 Å². The summed E-state index contributed by atoms with van der Waals surface area (Å²) in [7, 11) is -3.42. The third-order valence-corrected chi connectivity index (χ3v) is 26.6. The summed E-state index contributed by atoms with van der Waals surface area (Å²) in [4.78, 5) is 8.18. The summed E-state index contributed by atoms with van der Waals surface area (Å²) in [5.41, 5.74) is 11.3. The molecule has 0 fully saturated rings. The van der Waals surface area contributed by atoms with Gasteiger partial charge in [0.2, 0.25) is 14.1 Å². The standard InChI is InChI=1S/C49H61N9O10P8S2/c1-56(51-35-41-19-23-44(24-20-41)66-70-72(69)54-53-50)37-65-43-29-31-49(32-30-43)76(47-13-9-7-10-14-47,48-15-11-8-12-16-48)55-71(77)67-45-27-21-42(22-28-45)36-52-57(2)73(78)68-46-25-17-40(18-26-46)33-34-58(38-74(59,61-3)62-4)39-75(60,63-5)64-6/h7-32,35-36,70-71,73H,33-34,37-39,69H2,1-6H3. The zero-order valence-electron chi connectivity index (χ0n) is 43.5. The highest BCUT2D eigenvalue weighted by Crippen LogP contribution is 2.63. The van der Waals surface area contributed by atoms with Crippen LogP contribution in [0.1, 0.15) is 16.7 Å². The smallest absolute Gasteiger partial charge is 0.344 e. The van der Waals surface area contributed by atoms with Crippen molar-refractivity contribution >= 4 is 113 Å². The zero-order chi connectivity index (χ0) is 56.0. The van der Waals surface area contributed by atoms with Gasteiger partial charge in [-0.25, -0.2) is 9.29 Å². The van der Waals surface area contributed by atoms with Gasteiger partial charge in [-0.15, -0.1) is 0 Å². The summed E-state index contributed by atoms with van der Waals surface area (Å²) in [6.07, 6.45) is 3.77. The fourth-order valence-corrected chi connectivity index (χ4v) is 19.4. The number of benzene rings is 6. The fourth-order valence-electron chi connectivity index (χ4n) is 7.12. The number of rotatable bonds is 31. The molecular weight excluding hydrogens is 1190 g/mol. The SMILES string of the molecule is COP(=O)(CN(CCc1ccc(O[PH](=S)N(C)N=Cc2ccc(O[PH](=S)N=P(c3ccccc3)(c3ccccc3)c3ccc(OCN(C)N=Cc4ccc(OPP(P)N=[N+]=[N-])cc4)cc3)cc2)cc1)CP(=O)(OC)OC)OC. The number of azide groups is 1. The van der Waals surface area contributed by atoms with Gasteiger partial charge in [-0.2, -0.15) is 10.2 Å². The summed E-state index contributed by atoms with van der Waals surface area (Å²) in [5, 5.41) is 13.9. The maximum Gasteiger partial charge on any atom is 0.344 e. The summed E-state index contributed by atoms with van der Waals surface area (Å²) in [6.45, 7) is 0.573. The van der Waals surface area contributed by atoms with Gasteiger partial charge in [-0.05, 0) is 137 Å². The molecule has 0 aliphatic heterocycles. The van der Waals surface area contributed by atoms with Crippen LogP contribution in [0.5, 0.6) is 23.0 Å². The van der Waals surface area contributed by atoms with E-state index in [1.54, 1.807) is 34.2 Å². The molecule has 78 heavy (non-hydrogen) atoms. The summed E-state index contributed by atoms with van der Waals surface area (Å²) < 4.78 is 78.0. The highest BCUT2D eigenvalue weighted by Gasteiger charge is 2.32. The van der Waals surface area contributed by atoms with Gasteiger partial charge in [-0.3, -0.25) is 19.0 Å². The Labute approximate surface area is 472 Å². The zero-order valence-corrected chi connectivity index (χ0v) is 52.9. The Morgan fingerprint density at radius 3 is 1.65 bits per heavy atom. The fraction of sp³-hybridized carbons (Fsp3) is 0.224. The van der Waals surface area contributed by atoms with Crippen LogP contribution in [0, 0.1) is 0 Å². The monoisotopic (exact) mass is 1250 g/mol. The molecule has 29 heteroatoms. The second-order valence-corrected chi connectivity index (χ2v) is 35.0. The Morgan fingerprint density at radius 1 is 0.654 bits per heavy atom. The van der Waals surface area contributed by atoms with E-state index in [1.165, 1.54) is 28.4 Å². The van der Waals surface area contributed by atoms with Gasteiger partial charge in [0.05, 0.1) is 26.9 Å². The molecule has 0 aliphatic rings. The van der Waals surface area contributed by atoms with Gasteiger partial charge >= 0.3 is 15.2 Å². The molecule has 6 aromatic rings. The topological polar surface area (TPSA) is 204 Å². The summed E-state index contributed by atoms with van der Waals surface area (Å²) in [6, 6.07) is 50.9. The van der Waals surface area contributed by atoms with Crippen LogP contribution in [0.3, 0.4) is 0 Å². The normalized spacial score (nSPS) is 13.3. The van der Waals surface area contributed by atoms with E-state index in [4.69, 9.17) is 70.1 Å². The molecule has 0 amide bonds. The van der Waals surface area contributed by atoms with Crippen LogP contribution in [-0.4, -0.2) is 95.5 Å². The maximum absolute atomic E-state index is 12.9. The molecule has 0 heterocycles. The van der Waals surface area contributed by atoms with Crippen molar-refractivity contribution in [1.82, 2.24) is 14.7 Å². The molecule has 0 N–H and O–H groups in total. The Hall–Kier alpha value is -4.15. The number of hydrogen-bond donors (Lipinski definition) is 0. The second kappa shape index (κ2) is 31.7. The molecular formula is C49H61N9O10P8S2. The first-order valence-electron chi connectivity index (χ1n) is 23.5. The number of hydrazone groups is 2. The van der Waals surface area contributed by atoms with Crippen molar-refractivity contribution in [2.75, 3.05) is 68.4 Å². The molecule has 0 bridgehead atoms. The van der Waals surface area contributed by atoms with Crippen LogP contribution in [0.4, 0.5) is 0 Å². The Kier molecular flexibility index (Phi) is 25.7. The third kappa shape index (κ3) is 19.3. The largest absolute Gasteiger partial charge is 0.472 e. The highest BCUT2D eigenvalue weighted by atomic mass is 32.4. The van der Waals surface area contributed by atoms with E-state index in [0.29, 0.717) is 36.0 Å². The van der Waals surface area contributed by atoms with Gasteiger partial charge in [0.1, 0.15) is 44.1 Å². The molecule has 5 unspecified atom stereocenters. The van der Waals surface area contributed by atoms with Crippen LogP contribution in [0.2, 0.25) is 0 Å². The third-order valence-electron chi connectivity index (χ3n) is 11.2. The van der Waals surface area contributed by atoms with Crippen LogP contribution in [0.25, 0.3) is 10.4 Å². The number of ether oxygens (including phenoxy) is 1. The number of nitrogens with zero attached hydrogens (tertiary/aromatic N) is 9. The molecule has 6 aromatic carbocycles. The second-order valence-electron chi connectivity index (χ2n) is 16.5. The molecule has 0 spiro atoms. The molecule has 0 radical (unpaired) electrons. The lowest BCUT2D eigenvalue weighted by Gasteiger charge is -2.27. The summed E-state index contributed by atoms with van der Waals surface area (Å²) in [5.74, 6) is 2.53. The maximum atomic E-state index is 12.9. The molecule has 6 rings (SSSR count). The van der Waals surface area contributed by atoms with Crippen LogP contribution in [-0.2, 0) is 57.3 Å². The minimum atomic E-state index is -3.45. The van der Waals surface area contributed by atoms with Gasteiger partial charge < -0.3 is 36.4 Å². The van der Waals surface area contributed by atoms with E-state index in [1.807, 2.05) is 128 Å². The lowest BCUT2D eigenvalue weighted by molar-refractivity contribution is 0.158. The average Bonchev–Trinajstić information content (AvgIpc) is 3.50. The molecule has 5 atom stereocenters. The minimum absolute atomic E-state index is 0.0517. The Morgan fingerprint density at radius 2 is 1.13 bits per heavy atom. The first kappa shape index (κ1) is 63.0. The quantitative estimate of drug-likeness (QED) is 0.00755.